The van der Waals surface area contributed by atoms with Gasteiger partial charge in [0.25, 0.3) is 0 Å². The summed E-state index contributed by atoms with van der Waals surface area (Å²) in [6, 6.07) is 18.2. The minimum absolute atomic E-state index is 0.123. The van der Waals surface area contributed by atoms with Crippen molar-refractivity contribution in [3.05, 3.63) is 95.1 Å². The number of hydrogen-bond donors (Lipinski definition) is 2. The lowest BCUT2D eigenvalue weighted by atomic mass is 10.1. The van der Waals surface area contributed by atoms with E-state index in [1.54, 1.807) is 6.07 Å². The molecule has 2 aliphatic rings. The average Bonchev–Trinajstić information content (AvgIpc) is 3.59. The lowest BCUT2D eigenvalue weighted by molar-refractivity contribution is -0.493. The zero-order valence-corrected chi connectivity index (χ0v) is 19.5. The molecule has 5 N–H and O–H groups in total. The summed E-state index contributed by atoms with van der Waals surface area (Å²) in [5, 5.41) is 0.974. The standard InChI is InChI=1S/C15H15FN2O3.C9H11BFNO3/c16-13-6-7-14(17)12(8-13)9-19-18-20-10-15(21-18)11-4-2-1-3-5-11;11-8-1-2-9(12)7(5-8)6-15-10-13-3-4-14-10/h1-8,15H,9-10,17H2;1-2,5H,3-4,6,12H2/p+1. The summed E-state index contributed by atoms with van der Waals surface area (Å²) in [5.74, 6) is -0.664. The van der Waals surface area contributed by atoms with Crippen LogP contribution in [0.15, 0.2) is 66.7 Å². The molecule has 3 aromatic carbocycles. The fourth-order valence-corrected chi connectivity index (χ4v) is 3.33. The lowest BCUT2D eigenvalue weighted by Crippen LogP contribution is -2.41. The van der Waals surface area contributed by atoms with Gasteiger partial charge < -0.3 is 25.4 Å². The summed E-state index contributed by atoms with van der Waals surface area (Å²) in [6.45, 7) is 1.70. The van der Waals surface area contributed by atoms with Crippen molar-refractivity contribution in [3.63, 3.8) is 0 Å². The lowest BCUT2D eigenvalue weighted by Gasteiger charge is -2.13. The van der Waals surface area contributed by atoms with Crippen molar-refractivity contribution in [3.8, 4) is 0 Å². The molecule has 9 nitrogen and oxygen atoms in total. The molecule has 12 heteroatoms. The number of hydrogen-bond acceptors (Lipinski definition) is 8. The Labute approximate surface area is 207 Å². The molecule has 5 rings (SSSR count). The number of benzene rings is 3. The van der Waals surface area contributed by atoms with E-state index in [9.17, 15) is 8.78 Å². The number of nitrogens with two attached hydrogens (primary N) is 1. The van der Waals surface area contributed by atoms with Crippen molar-refractivity contribution in [2.24, 2.45) is 0 Å². The van der Waals surface area contributed by atoms with Crippen LogP contribution < -0.4 is 11.5 Å². The first-order chi connectivity index (χ1) is 17.5. The molecule has 190 valence electrons. The third kappa shape index (κ3) is 7.53. The van der Waals surface area contributed by atoms with Gasteiger partial charge in [-0.05, 0) is 35.9 Å². The van der Waals surface area contributed by atoms with Crippen LogP contribution in [0, 0.1) is 11.6 Å². The van der Waals surface area contributed by atoms with E-state index < -0.39 is 7.32 Å². The normalized spacial score (nSPS) is 17.8. The van der Waals surface area contributed by atoms with E-state index in [4.69, 9.17) is 34.2 Å². The van der Waals surface area contributed by atoms with Crippen molar-refractivity contribution in [1.29, 1.82) is 0 Å². The summed E-state index contributed by atoms with van der Waals surface area (Å²) < 4.78 is 41.4. The number of halogens is 2. The van der Waals surface area contributed by atoms with Gasteiger partial charge in [-0.1, -0.05) is 30.3 Å². The number of anilines is 1. The van der Waals surface area contributed by atoms with Crippen molar-refractivity contribution >= 4 is 18.7 Å². The molecule has 0 saturated carbocycles. The molecule has 2 saturated heterocycles. The van der Waals surface area contributed by atoms with E-state index in [1.807, 2.05) is 30.3 Å². The van der Waals surface area contributed by atoms with Gasteiger partial charge in [-0.2, -0.15) is 0 Å². The minimum Gasteiger partial charge on any atom is -0.398 e. The van der Waals surface area contributed by atoms with Crippen LogP contribution in [0.4, 0.5) is 20.2 Å². The van der Waals surface area contributed by atoms with Gasteiger partial charge in [-0.3, -0.25) is 0 Å². The molecule has 0 bridgehead atoms. The molecule has 0 aliphatic carbocycles. The van der Waals surface area contributed by atoms with Crippen LogP contribution in [0.2, 0.25) is 0 Å². The van der Waals surface area contributed by atoms with Gasteiger partial charge in [0.05, 0.1) is 25.2 Å². The van der Waals surface area contributed by atoms with Crippen molar-refractivity contribution in [2.75, 3.05) is 25.6 Å². The molecule has 2 heterocycles. The maximum absolute atomic E-state index is 13.2. The maximum Gasteiger partial charge on any atom is 0.639 e. The molecule has 1 atom stereocenters. The molecule has 2 fully saturated rings. The Morgan fingerprint density at radius 2 is 1.64 bits per heavy atom. The van der Waals surface area contributed by atoms with Crippen molar-refractivity contribution in [2.45, 2.75) is 19.3 Å². The van der Waals surface area contributed by atoms with Gasteiger partial charge in [-0.15, -0.1) is 0 Å². The molecule has 1 unspecified atom stereocenters. The average molecular weight is 502 g/mol. The Kier molecular flexibility index (Phi) is 9.33. The van der Waals surface area contributed by atoms with E-state index in [-0.39, 0.29) is 31.0 Å². The summed E-state index contributed by atoms with van der Waals surface area (Å²) in [5.41, 5.74) is 12.9. The van der Waals surface area contributed by atoms with Gasteiger partial charge in [0.2, 0.25) is 0 Å². The van der Waals surface area contributed by atoms with E-state index in [0.29, 0.717) is 42.3 Å². The van der Waals surface area contributed by atoms with Gasteiger partial charge in [0, 0.05) is 22.9 Å². The van der Waals surface area contributed by atoms with Crippen LogP contribution >= 0.6 is 0 Å². The van der Waals surface area contributed by atoms with Crippen LogP contribution in [0.25, 0.3) is 0 Å². The molecular formula is C24H27BF2N3O6+. The van der Waals surface area contributed by atoms with Crippen LogP contribution in [0.1, 0.15) is 22.8 Å². The fourth-order valence-electron chi connectivity index (χ4n) is 3.33. The summed E-state index contributed by atoms with van der Waals surface area (Å²) in [4.78, 5) is 16.2. The Morgan fingerprint density at radius 3 is 2.39 bits per heavy atom. The molecule has 0 amide bonds. The van der Waals surface area contributed by atoms with Crippen LogP contribution in [0.3, 0.4) is 0 Å². The second-order valence-electron chi connectivity index (χ2n) is 7.89. The molecular weight excluding hydrogens is 475 g/mol. The summed E-state index contributed by atoms with van der Waals surface area (Å²) in [7, 11) is -0.660. The first-order valence-electron chi connectivity index (χ1n) is 11.2. The Hall–Kier alpha value is -2.94. The van der Waals surface area contributed by atoms with Crippen LogP contribution in [-0.4, -0.2) is 32.5 Å². The van der Waals surface area contributed by atoms with Crippen molar-refractivity contribution in [1.82, 2.24) is 5.39 Å². The summed E-state index contributed by atoms with van der Waals surface area (Å²) in [6.07, 6.45) is -0.210. The monoisotopic (exact) mass is 502 g/mol. The largest absolute Gasteiger partial charge is 0.639 e. The smallest absolute Gasteiger partial charge is 0.398 e. The number of rotatable bonds is 7. The van der Waals surface area contributed by atoms with E-state index in [2.05, 4.69) is 5.73 Å². The quantitative estimate of drug-likeness (QED) is 0.375. The van der Waals surface area contributed by atoms with Gasteiger partial charge in [-0.25, -0.2) is 23.3 Å². The predicted molar refractivity (Wildman–Crippen MR) is 125 cm³/mol. The van der Waals surface area contributed by atoms with E-state index in [1.165, 1.54) is 30.3 Å². The van der Waals surface area contributed by atoms with Crippen molar-refractivity contribution < 1.29 is 43.0 Å². The van der Waals surface area contributed by atoms with Crippen LogP contribution in [0.5, 0.6) is 0 Å². The maximum atomic E-state index is 13.2. The zero-order chi connectivity index (χ0) is 25.3. The second-order valence-corrected chi connectivity index (χ2v) is 7.89. The predicted octanol–water partition coefficient (Wildman–Crippen LogP) is 3.01. The number of quaternary nitrogens is 1. The molecule has 0 spiro atoms. The molecule has 36 heavy (non-hydrogen) atoms. The zero-order valence-electron chi connectivity index (χ0n) is 19.5. The highest BCUT2D eigenvalue weighted by atomic mass is 19.1. The molecule has 2 aliphatic heterocycles. The number of nitrogen functional groups attached to an aromatic ring is 1. The van der Waals surface area contributed by atoms with E-state index >= 15 is 0 Å². The highest BCUT2D eigenvalue weighted by molar-refractivity contribution is 6.36. The minimum atomic E-state index is -0.660. The first kappa shape index (κ1) is 26.1. The first-order valence-corrected chi connectivity index (χ1v) is 11.2. The highest BCUT2D eigenvalue weighted by Crippen LogP contribution is 2.26. The highest BCUT2D eigenvalue weighted by Gasteiger charge is 2.28. The Morgan fingerprint density at radius 1 is 0.944 bits per heavy atom. The van der Waals surface area contributed by atoms with E-state index in [0.717, 1.165) is 11.0 Å². The number of nitrogens with zero attached hydrogens (tertiary/aromatic N) is 1. The molecule has 0 aromatic heterocycles. The SMILES string of the molecule is Nc1ccc(F)cc1COB1OCCO1.[NH3+]c1ccc(F)cc1CON1OCC(c2ccccc2)O1. The summed E-state index contributed by atoms with van der Waals surface area (Å²) >= 11 is 0. The molecule has 0 radical (unpaired) electrons. The third-order valence-corrected chi connectivity index (χ3v) is 5.28. The van der Waals surface area contributed by atoms with Gasteiger partial charge in [0.1, 0.15) is 36.6 Å². The molecule has 3 aromatic rings. The Balaban J connectivity index is 0.000000179. The second kappa shape index (κ2) is 12.9. The van der Waals surface area contributed by atoms with Gasteiger partial charge >= 0.3 is 7.32 Å². The van der Waals surface area contributed by atoms with Crippen LogP contribution in [-0.2, 0) is 41.7 Å². The topological polar surface area (TPSA) is 112 Å². The Bertz CT molecular complexity index is 1120. The third-order valence-electron chi connectivity index (χ3n) is 5.28. The van der Waals surface area contributed by atoms with Gasteiger partial charge in [0.15, 0.2) is 0 Å². The fraction of sp³-hybridized carbons (Fsp3) is 0.250.